The Bertz CT molecular complexity index is 404. The topological polar surface area (TPSA) is 65.1 Å². The molecule has 0 bridgehead atoms. The SMILES string of the molecule is CCOC1CC(N2C(=O)C=CC2=O)C(OCC)C1OCC. The van der Waals surface area contributed by atoms with Crippen LogP contribution in [0.25, 0.3) is 0 Å². The van der Waals surface area contributed by atoms with Gasteiger partial charge < -0.3 is 14.2 Å². The summed E-state index contributed by atoms with van der Waals surface area (Å²) in [5.41, 5.74) is 0. The summed E-state index contributed by atoms with van der Waals surface area (Å²) in [6, 6.07) is -0.340. The molecule has 0 aromatic rings. The molecule has 118 valence electrons. The van der Waals surface area contributed by atoms with E-state index in [0.717, 1.165) is 0 Å². The number of carbonyl (C=O) groups excluding carboxylic acids is 2. The summed E-state index contributed by atoms with van der Waals surface area (Å²) in [4.78, 5) is 25.1. The molecule has 0 radical (unpaired) electrons. The quantitative estimate of drug-likeness (QED) is 0.653. The fourth-order valence-corrected chi connectivity index (χ4v) is 3.10. The lowest BCUT2D eigenvalue weighted by Gasteiger charge is -2.30. The van der Waals surface area contributed by atoms with E-state index < -0.39 is 0 Å². The zero-order valence-corrected chi connectivity index (χ0v) is 12.8. The highest BCUT2D eigenvalue weighted by atomic mass is 16.6. The molecule has 0 aromatic heterocycles. The van der Waals surface area contributed by atoms with Gasteiger partial charge in [0.15, 0.2) is 0 Å². The number of hydrogen-bond acceptors (Lipinski definition) is 5. The minimum absolute atomic E-state index is 0.169. The highest BCUT2D eigenvalue weighted by molar-refractivity contribution is 6.13. The zero-order valence-electron chi connectivity index (χ0n) is 12.8. The summed E-state index contributed by atoms with van der Waals surface area (Å²) in [7, 11) is 0. The molecule has 0 N–H and O–H groups in total. The molecule has 6 heteroatoms. The van der Waals surface area contributed by atoms with Gasteiger partial charge in [-0.25, -0.2) is 0 Å². The van der Waals surface area contributed by atoms with Crippen molar-refractivity contribution in [3.63, 3.8) is 0 Å². The molecule has 1 fully saturated rings. The third-order valence-electron chi connectivity index (χ3n) is 3.82. The van der Waals surface area contributed by atoms with Crippen LogP contribution in [0.4, 0.5) is 0 Å². The molecule has 4 atom stereocenters. The minimum Gasteiger partial charge on any atom is -0.376 e. The van der Waals surface area contributed by atoms with E-state index in [9.17, 15) is 9.59 Å². The van der Waals surface area contributed by atoms with E-state index in [4.69, 9.17) is 14.2 Å². The van der Waals surface area contributed by atoms with Crippen molar-refractivity contribution < 1.29 is 23.8 Å². The van der Waals surface area contributed by atoms with Crippen LogP contribution in [-0.4, -0.2) is 60.9 Å². The summed E-state index contributed by atoms with van der Waals surface area (Å²) < 4.78 is 17.3. The second-order valence-corrected chi connectivity index (χ2v) is 5.02. The lowest BCUT2D eigenvalue weighted by atomic mass is 10.1. The van der Waals surface area contributed by atoms with Gasteiger partial charge in [0.25, 0.3) is 11.8 Å². The number of imide groups is 1. The highest BCUT2D eigenvalue weighted by Gasteiger charge is 2.50. The molecule has 1 aliphatic heterocycles. The summed E-state index contributed by atoms with van der Waals surface area (Å²) >= 11 is 0. The van der Waals surface area contributed by atoms with Gasteiger partial charge in [0.1, 0.15) is 12.2 Å². The maximum atomic E-state index is 11.9. The second-order valence-electron chi connectivity index (χ2n) is 5.02. The smallest absolute Gasteiger partial charge is 0.253 e. The molecule has 6 nitrogen and oxygen atoms in total. The molecule has 0 spiro atoms. The molecule has 2 amide bonds. The Hall–Kier alpha value is -1.24. The second kappa shape index (κ2) is 7.15. The first-order chi connectivity index (χ1) is 10.1. The van der Waals surface area contributed by atoms with E-state index >= 15 is 0 Å². The van der Waals surface area contributed by atoms with Crippen molar-refractivity contribution in [3.8, 4) is 0 Å². The maximum Gasteiger partial charge on any atom is 0.253 e. The van der Waals surface area contributed by atoms with Gasteiger partial charge in [-0.3, -0.25) is 14.5 Å². The summed E-state index contributed by atoms with van der Waals surface area (Å²) in [6.45, 7) is 7.30. The molecular weight excluding hydrogens is 274 g/mol. The van der Waals surface area contributed by atoms with Crippen molar-refractivity contribution in [2.75, 3.05) is 19.8 Å². The minimum atomic E-state index is -0.348. The zero-order chi connectivity index (χ0) is 15.4. The Kier molecular flexibility index (Phi) is 5.50. The standard InChI is InChI=1S/C15H23NO5/c1-4-19-11-9-10(16-12(17)7-8-13(16)18)14(20-5-2)15(11)21-6-3/h7-8,10-11,14-15H,4-6,9H2,1-3H3. The van der Waals surface area contributed by atoms with Crippen LogP contribution in [0.1, 0.15) is 27.2 Å². The van der Waals surface area contributed by atoms with Gasteiger partial charge in [-0.15, -0.1) is 0 Å². The molecule has 2 rings (SSSR count). The number of carbonyl (C=O) groups is 2. The molecule has 0 aromatic carbocycles. The molecule has 21 heavy (non-hydrogen) atoms. The molecule has 1 aliphatic carbocycles. The number of amides is 2. The van der Waals surface area contributed by atoms with Gasteiger partial charge in [0.05, 0.1) is 12.1 Å². The molecular formula is C15H23NO5. The van der Waals surface area contributed by atoms with Crippen molar-refractivity contribution in [1.29, 1.82) is 0 Å². The Balaban J connectivity index is 2.22. The Morgan fingerprint density at radius 3 is 2.00 bits per heavy atom. The summed E-state index contributed by atoms with van der Waals surface area (Å²) in [5, 5.41) is 0. The normalized spacial score (nSPS) is 32.4. The predicted octanol–water partition coefficient (Wildman–Crippen LogP) is 0.899. The van der Waals surface area contributed by atoms with E-state index in [2.05, 4.69) is 0 Å². The fraction of sp³-hybridized carbons (Fsp3) is 0.733. The Morgan fingerprint density at radius 1 is 0.952 bits per heavy atom. The third kappa shape index (κ3) is 3.17. The number of hydrogen-bond donors (Lipinski definition) is 0. The van der Waals surface area contributed by atoms with Crippen LogP contribution in [0.2, 0.25) is 0 Å². The van der Waals surface area contributed by atoms with E-state index in [1.165, 1.54) is 17.1 Å². The highest BCUT2D eigenvalue weighted by Crippen LogP contribution is 2.33. The fourth-order valence-electron chi connectivity index (χ4n) is 3.10. The van der Waals surface area contributed by atoms with Gasteiger partial charge in [0, 0.05) is 32.0 Å². The lowest BCUT2D eigenvalue weighted by molar-refractivity contribution is -0.146. The van der Waals surface area contributed by atoms with E-state index in [-0.39, 0.29) is 36.2 Å². The van der Waals surface area contributed by atoms with Crippen molar-refractivity contribution in [3.05, 3.63) is 12.2 Å². The molecule has 0 saturated heterocycles. The first-order valence-electron chi connectivity index (χ1n) is 7.54. The van der Waals surface area contributed by atoms with Gasteiger partial charge in [-0.05, 0) is 27.2 Å². The van der Waals surface area contributed by atoms with Gasteiger partial charge >= 0.3 is 0 Å². The van der Waals surface area contributed by atoms with Crippen molar-refractivity contribution in [2.24, 2.45) is 0 Å². The molecule has 2 aliphatic rings. The monoisotopic (exact) mass is 297 g/mol. The summed E-state index contributed by atoms with van der Waals surface area (Å²) in [5.74, 6) is -0.579. The number of ether oxygens (including phenoxy) is 3. The first-order valence-corrected chi connectivity index (χ1v) is 7.54. The van der Waals surface area contributed by atoms with Gasteiger partial charge in [0.2, 0.25) is 0 Å². The third-order valence-corrected chi connectivity index (χ3v) is 3.82. The van der Waals surface area contributed by atoms with Crippen LogP contribution in [0.5, 0.6) is 0 Å². The van der Waals surface area contributed by atoms with Crippen LogP contribution in [0.3, 0.4) is 0 Å². The maximum absolute atomic E-state index is 11.9. The van der Waals surface area contributed by atoms with Crippen LogP contribution >= 0.6 is 0 Å². The van der Waals surface area contributed by atoms with Crippen LogP contribution in [0, 0.1) is 0 Å². The van der Waals surface area contributed by atoms with Crippen molar-refractivity contribution in [2.45, 2.75) is 51.5 Å². The lowest BCUT2D eigenvalue weighted by Crippen LogP contribution is -2.48. The van der Waals surface area contributed by atoms with Crippen LogP contribution < -0.4 is 0 Å². The first kappa shape index (κ1) is 16.1. The summed E-state index contributed by atoms with van der Waals surface area (Å²) in [6.07, 6.45) is 2.37. The van der Waals surface area contributed by atoms with Crippen molar-refractivity contribution >= 4 is 11.8 Å². The Morgan fingerprint density at radius 2 is 1.48 bits per heavy atom. The average Bonchev–Trinajstić information content (AvgIpc) is 2.94. The van der Waals surface area contributed by atoms with Gasteiger partial charge in [-0.2, -0.15) is 0 Å². The molecule has 1 heterocycles. The number of rotatable bonds is 7. The van der Waals surface area contributed by atoms with Crippen LogP contribution in [0.15, 0.2) is 12.2 Å². The van der Waals surface area contributed by atoms with E-state index in [1.807, 2.05) is 20.8 Å². The van der Waals surface area contributed by atoms with Crippen molar-refractivity contribution in [1.82, 2.24) is 4.90 Å². The largest absolute Gasteiger partial charge is 0.376 e. The number of nitrogens with zero attached hydrogens (tertiary/aromatic N) is 1. The average molecular weight is 297 g/mol. The molecule has 4 unspecified atom stereocenters. The van der Waals surface area contributed by atoms with E-state index in [0.29, 0.717) is 26.2 Å². The van der Waals surface area contributed by atoms with Gasteiger partial charge in [-0.1, -0.05) is 0 Å². The van der Waals surface area contributed by atoms with Crippen LogP contribution in [-0.2, 0) is 23.8 Å². The Labute approximate surface area is 125 Å². The van der Waals surface area contributed by atoms with E-state index in [1.54, 1.807) is 0 Å². The molecule has 1 saturated carbocycles. The predicted molar refractivity (Wildman–Crippen MR) is 75.6 cm³/mol.